The van der Waals surface area contributed by atoms with Crippen molar-refractivity contribution in [3.05, 3.63) is 27.2 Å². The molecule has 1 rings (SSSR count). The summed E-state index contributed by atoms with van der Waals surface area (Å²) in [5.74, 6) is -0.658. The Balaban J connectivity index is 2.85. The highest BCUT2D eigenvalue weighted by molar-refractivity contribution is 9.10. The molecule has 0 aliphatic heterocycles. The van der Waals surface area contributed by atoms with E-state index < -0.39 is 16.0 Å². The van der Waals surface area contributed by atoms with Gasteiger partial charge in [0.25, 0.3) is 0 Å². The van der Waals surface area contributed by atoms with E-state index in [0.29, 0.717) is 0 Å². The van der Waals surface area contributed by atoms with Gasteiger partial charge in [0.1, 0.15) is 0 Å². The Bertz CT molecular complexity index is 619. The van der Waals surface area contributed by atoms with Crippen LogP contribution < -0.4 is 5.14 Å². The fraction of sp³-hybridized carbons (Fsp3) is 0.462. The van der Waals surface area contributed by atoms with E-state index in [2.05, 4.69) is 22.9 Å². The second kappa shape index (κ2) is 8.12. The van der Waals surface area contributed by atoms with E-state index in [0.717, 1.165) is 31.7 Å². The van der Waals surface area contributed by atoms with Crippen LogP contribution in [0, 0.1) is 0 Å². The molecule has 5 nitrogen and oxygen atoms in total. The summed E-state index contributed by atoms with van der Waals surface area (Å²) in [7, 11) is -3.95. The number of hydrogen-bond acceptors (Lipinski definition) is 4. The molecule has 1 aromatic rings. The van der Waals surface area contributed by atoms with Gasteiger partial charge in [0.15, 0.2) is 0 Å². The van der Waals surface area contributed by atoms with Gasteiger partial charge in [0.2, 0.25) is 10.0 Å². The zero-order valence-electron chi connectivity index (χ0n) is 11.6. The van der Waals surface area contributed by atoms with Crippen molar-refractivity contribution in [1.29, 1.82) is 0 Å². The summed E-state index contributed by atoms with van der Waals surface area (Å²) in [6.45, 7) is 2.36. The van der Waals surface area contributed by atoms with Crippen molar-refractivity contribution >= 4 is 43.5 Å². The topological polar surface area (TPSA) is 86.5 Å². The molecule has 0 spiro atoms. The van der Waals surface area contributed by atoms with Gasteiger partial charge in [-0.05, 0) is 34.5 Å². The smallest absolute Gasteiger partial charge is 0.339 e. The molecule has 0 aromatic heterocycles. The Labute approximate surface area is 138 Å². The quantitative estimate of drug-likeness (QED) is 0.562. The van der Waals surface area contributed by atoms with Crippen molar-refractivity contribution in [2.24, 2.45) is 5.14 Å². The number of carbonyl (C=O) groups is 1. The average Bonchev–Trinajstić information content (AvgIpc) is 2.36. The van der Waals surface area contributed by atoms with Crippen molar-refractivity contribution in [2.45, 2.75) is 37.5 Å². The second-order valence-electron chi connectivity index (χ2n) is 4.50. The summed E-state index contributed by atoms with van der Waals surface area (Å²) in [5, 5.41) is 5.18. The van der Waals surface area contributed by atoms with Gasteiger partial charge in [-0.1, -0.05) is 37.8 Å². The van der Waals surface area contributed by atoms with E-state index in [4.69, 9.17) is 21.5 Å². The molecule has 118 valence electrons. The molecule has 0 fully saturated rings. The van der Waals surface area contributed by atoms with Crippen molar-refractivity contribution in [3.63, 3.8) is 0 Å². The zero-order chi connectivity index (χ0) is 16.0. The first-order valence-corrected chi connectivity index (χ1v) is 9.18. The number of rotatable bonds is 7. The molecule has 0 radical (unpaired) electrons. The van der Waals surface area contributed by atoms with Gasteiger partial charge >= 0.3 is 5.97 Å². The number of unbranched alkanes of at least 4 members (excludes halogenated alkanes) is 3. The Kier molecular flexibility index (Phi) is 7.12. The summed E-state index contributed by atoms with van der Waals surface area (Å²) >= 11 is 8.99. The van der Waals surface area contributed by atoms with Gasteiger partial charge in [-0.15, -0.1) is 0 Å². The highest BCUT2D eigenvalue weighted by atomic mass is 79.9. The van der Waals surface area contributed by atoms with Crippen LogP contribution in [0.2, 0.25) is 5.02 Å². The van der Waals surface area contributed by atoms with Crippen LogP contribution in [0.25, 0.3) is 0 Å². The molecule has 21 heavy (non-hydrogen) atoms. The highest BCUT2D eigenvalue weighted by Crippen LogP contribution is 2.28. The van der Waals surface area contributed by atoms with Gasteiger partial charge in [0, 0.05) is 4.47 Å². The first kappa shape index (κ1) is 18.4. The summed E-state index contributed by atoms with van der Waals surface area (Å²) < 4.78 is 28.1. The van der Waals surface area contributed by atoms with E-state index >= 15 is 0 Å². The first-order valence-electron chi connectivity index (χ1n) is 6.46. The van der Waals surface area contributed by atoms with E-state index in [-0.39, 0.29) is 26.6 Å². The van der Waals surface area contributed by atoms with Crippen LogP contribution >= 0.6 is 27.5 Å². The lowest BCUT2D eigenvalue weighted by molar-refractivity contribution is 0.0497. The minimum atomic E-state index is -3.95. The summed E-state index contributed by atoms with van der Waals surface area (Å²) in [5.41, 5.74) is -0.0145. The molecule has 8 heteroatoms. The lowest BCUT2D eigenvalue weighted by Crippen LogP contribution is -2.15. The Hall–Kier alpha value is -0.630. The van der Waals surface area contributed by atoms with Gasteiger partial charge in [-0.25, -0.2) is 18.4 Å². The van der Waals surface area contributed by atoms with E-state index in [1.807, 2.05) is 0 Å². The lowest BCUT2D eigenvalue weighted by Gasteiger charge is -2.09. The predicted molar refractivity (Wildman–Crippen MR) is 84.9 cm³/mol. The lowest BCUT2D eigenvalue weighted by atomic mass is 10.2. The maximum Gasteiger partial charge on any atom is 0.339 e. The minimum absolute atomic E-state index is 0.0145. The highest BCUT2D eigenvalue weighted by Gasteiger charge is 2.20. The monoisotopic (exact) mass is 397 g/mol. The zero-order valence-corrected chi connectivity index (χ0v) is 14.7. The summed E-state index contributed by atoms with van der Waals surface area (Å²) in [4.78, 5) is 11.7. The van der Waals surface area contributed by atoms with Crippen LogP contribution in [0.3, 0.4) is 0 Å². The number of ether oxygens (including phenoxy) is 1. The summed E-state index contributed by atoms with van der Waals surface area (Å²) in [6, 6.07) is 2.44. The predicted octanol–water partition coefficient (Wildman–Crippen LogP) is 3.49. The Morgan fingerprint density at radius 1 is 1.33 bits per heavy atom. The molecular weight excluding hydrogens is 382 g/mol. The van der Waals surface area contributed by atoms with Crippen LogP contribution in [-0.2, 0) is 14.8 Å². The molecule has 0 aliphatic carbocycles. The normalized spacial score (nSPS) is 11.4. The number of carbonyl (C=O) groups excluding carboxylic acids is 1. The maximum atomic E-state index is 11.9. The van der Waals surface area contributed by atoms with Crippen molar-refractivity contribution in [3.8, 4) is 0 Å². The van der Waals surface area contributed by atoms with E-state index in [9.17, 15) is 13.2 Å². The first-order chi connectivity index (χ1) is 9.77. The van der Waals surface area contributed by atoms with Crippen molar-refractivity contribution in [2.75, 3.05) is 6.61 Å². The second-order valence-corrected chi connectivity index (χ2v) is 7.30. The average molecular weight is 399 g/mol. The van der Waals surface area contributed by atoms with E-state index in [1.165, 1.54) is 6.07 Å². The molecule has 0 saturated carbocycles. The van der Waals surface area contributed by atoms with E-state index in [1.54, 1.807) is 0 Å². The molecular formula is C13H17BrClNO4S. The van der Waals surface area contributed by atoms with Gasteiger partial charge in [-0.2, -0.15) is 0 Å². The number of hydrogen-bond donors (Lipinski definition) is 1. The molecule has 0 amide bonds. The van der Waals surface area contributed by atoms with Gasteiger partial charge in [0.05, 0.1) is 22.1 Å². The number of halogens is 2. The van der Waals surface area contributed by atoms with Crippen LogP contribution in [0.5, 0.6) is 0 Å². The van der Waals surface area contributed by atoms with Crippen molar-refractivity contribution < 1.29 is 17.9 Å². The number of sulfonamides is 1. The minimum Gasteiger partial charge on any atom is -0.462 e. The number of esters is 1. The van der Waals surface area contributed by atoms with Crippen LogP contribution in [0.4, 0.5) is 0 Å². The third kappa shape index (κ3) is 5.58. The number of nitrogens with two attached hydrogens (primary N) is 1. The summed E-state index contributed by atoms with van der Waals surface area (Å²) in [6.07, 6.45) is 3.90. The molecule has 2 N–H and O–H groups in total. The third-order valence-electron chi connectivity index (χ3n) is 2.78. The largest absolute Gasteiger partial charge is 0.462 e. The molecule has 0 saturated heterocycles. The maximum absolute atomic E-state index is 11.9. The molecule has 0 bridgehead atoms. The van der Waals surface area contributed by atoms with Crippen LogP contribution in [0.15, 0.2) is 21.5 Å². The van der Waals surface area contributed by atoms with Crippen LogP contribution in [-0.4, -0.2) is 21.0 Å². The fourth-order valence-electron chi connectivity index (χ4n) is 1.68. The van der Waals surface area contributed by atoms with Crippen molar-refractivity contribution in [1.82, 2.24) is 0 Å². The number of primary sulfonamides is 1. The molecule has 0 atom stereocenters. The third-order valence-corrected chi connectivity index (χ3v) is 4.96. The van der Waals surface area contributed by atoms with Gasteiger partial charge < -0.3 is 4.74 Å². The fourth-order valence-corrected chi connectivity index (χ4v) is 3.68. The Morgan fingerprint density at radius 2 is 2.00 bits per heavy atom. The van der Waals surface area contributed by atoms with Crippen LogP contribution in [0.1, 0.15) is 43.0 Å². The van der Waals surface area contributed by atoms with Gasteiger partial charge in [-0.3, -0.25) is 0 Å². The molecule has 1 aromatic carbocycles. The Morgan fingerprint density at radius 3 is 2.57 bits per heavy atom. The number of benzene rings is 1. The SMILES string of the molecule is CCCCCCOC(=O)c1cc(S(N)(=O)=O)c(Br)cc1Cl. The molecule has 0 heterocycles. The molecule has 0 aliphatic rings. The standard InChI is InChI=1S/C13H17BrClNO4S/c1-2-3-4-5-6-20-13(17)9-7-12(21(16,18)19)10(14)8-11(9)15/h7-8H,2-6H2,1H3,(H2,16,18,19). The molecule has 0 unspecified atom stereocenters.